The average molecular weight is 245 g/mol. The van der Waals surface area contributed by atoms with Crippen LogP contribution in [0.15, 0.2) is 12.7 Å². The molecule has 0 spiro atoms. The molecule has 4 aliphatic rings. The lowest BCUT2D eigenvalue weighted by molar-refractivity contribution is -0.170. The third-order valence-corrected chi connectivity index (χ3v) is 6.04. The fourth-order valence-electron chi connectivity index (χ4n) is 5.61. The van der Waals surface area contributed by atoms with Crippen LogP contribution in [0.3, 0.4) is 0 Å². The first-order chi connectivity index (χ1) is 8.63. The lowest BCUT2D eigenvalue weighted by Gasteiger charge is -2.51. The molecule has 0 aromatic rings. The van der Waals surface area contributed by atoms with E-state index in [1.165, 1.54) is 30.2 Å². The van der Waals surface area contributed by atoms with Gasteiger partial charge in [-0.15, -0.1) is 0 Å². The summed E-state index contributed by atoms with van der Waals surface area (Å²) in [4.78, 5) is 25.4. The van der Waals surface area contributed by atoms with Gasteiger partial charge in [0.15, 0.2) is 0 Å². The number of rotatable bonds is 1. The number of likely N-dealkylation sites (tertiary alicyclic amines) is 1. The highest BCUT2D eigenvalue weighted by Crippen LogP contribution is 2.66. The molecule has 1 saturated heterocycles. The van der Waals surface area contributed by atoms with Gasteiger partial charge in [0.25, 0.3) is 5.91 Å². The first-order valence-electron chi connectivity index (χ1n) is 7.13. The predicted molar refractivity (Wildman–Crippen MR) is 66.3 cm³/mol. The highest BCUT2D eigenvalue weighted by atomic mass is 16.2. The van der Waals surface area contributed by atoms with Crippen LogP contribution in [0.5, 0.6) is 0 Å². The minimum absolute atomic E-state index is 0.0791. The van der Waals surface area contributed by atoms with E-state index in [0.717, 1.165) is 17.8 Å². The molecular weight excluding hydrogens is 226 g/mol. The van der Waals surface area contributed by atoms with Crippen LogP contribution in [-0.4, -0.2) is 22.8 Å². The van der Waals surface area contributed by atoms with Crippen LogP contribution < -0.4 is 0 Å². The third kappa shape index (κ3) is 1.03. The van der Waals surface area contributed by atoms with Gasteiger partial charge in [-0.25, -0.2) is 0 Å². The predicted octanol–water partition coefficient (Wildman–Crippen LogP) is 1.84. The average Bonchev–Trinajstić information content (AvgIpc) is 2.95. The maximum Gasteiger partial charge on any atom is 0.252 e. The summed E-state index contributed by atoms with van der Waals surface area (Å²) in [5.74, 6) is 3.60. The fourth-order valence-corrected chi connectivity index (χ4v) is 5.61. The maximum atomic E-state index is 12.2. The van der Waals surface area contributed by atoms with Gasteiger partial charge in [0, 0.05) is 0 Å². The van der Waals surface area contributed by atoms with Crippen molar-refractivity contribution in [2.24, 2.45) is 35.5 Å². The maximum absolute atomic E-state index is 12.2. The van der Waals surface area contributed by atoms with E-state index in [2.05, 4.69) is 13.5 Å². The number of hydrogen-bond donors (Lipinski definition) is 0. The summed E-state index contributed by atoms with van der Waals surface area (Å²) in [6.45, 7) is 5.84. The van der Waals surface area contributed by atoms with Crippen molar-refractivity contribution in [3.05, 3.63) is 12.7 Å². The Morgan fingerprint density at radius 3 is 2.56 bits per heavy atom. The SMILES string of the molecule is C=CC(=O)N1C(=O)C2C3CC(C4CC(C)CC43)C21. The number of hydrogen-bond acceptors (Lipinski definition) is 2. The van der Waals surface area contributed by atoms with Crippen molar-refractivity contribution in [1.29, 1.82) is 0 Å². The number of β-lactam (4-membered cyclic amide) rings is 1. The first-order valence-corrected chi connectivity index (χ1v) is 7.13. The van der Waals surface area contributed by atoms with Crippen molar-refractivity contribution in [3.63, 3.8) is 0 Å². The Morgan fingerprint density at radius 2 is 1.89 bits per heavy atom. The molecule has 1 aliphatic heterocycles. The second-order valence-electron chi connectivity index (χ2n) is 6.73. The molecule has 3 aliphatic carbocycles. The summed E-state index contributed by atoms with van der Waals surface area (Å²) in [5, 5.41) is 0. The molecule has 96 valence electrons. The van der Waals surface area contributed by atoms with E-state index in [-0.39, 0.29) is 23.8 Å². The van der Waals surface area contributed by atoms with Crippen LogP contribution in [0.4, 0.5) is 0 Å². The van der Waals surface area contributed by atoms with Crippen molar-refractivity contribution in [2.45, 2.75) is 32.2 Å². The largest absolute Gasteiger partial charge is 0.274 e. The van der Waals surface area contributed by atoms with Crippen LogP contribution in [0.1, 0.15) is 26.2 Å². The molecule has 0 aromatic heterocycles. The molecule has 0 aromatic carbocycles. The van der Waals surface area contributed by atoms with Gasteiger partial charge in [-0.05, 0) is 54.9 Å². The quantitative estimate of drug-likeness (QED) is 0.522. The first kappa shape index (κ1) is 10.8. The second kappa shape index (κ2) is 3.25. The Bertz CT molecular complexity index is 457. The number of carbonyl (C=O) groups is 2. The highest BCUT2D eigenvalue weighted by Gasteiger charge is 2.69. The minimum Gasteiger partial charge on any atom is -0.274 e. The van der Waals surface area contributed by atoms with Gasteiger partial charge in [-0.3, -0.25) is 14.5 Å². The molecule has 1 heterocycles. The molecule has 3 heteroatoms. The zero-order valence-corrected chi connectivity index (χ0v) is 10.7. The number of imide groups is 1. The summed E-state index contributed by atoms with van der Waals surface area (Å²) >= 11 is 0. The standard InChI is InChI=1S/C15H19NO2/c1-3-12(17)16-14-11-6-10(13(14)15(16)18)8-4-7(2)5-9(8)11/h3,7-11,13-14H,1,4-6H2,2H3. The molecule has 0 radical (unpaired) electrons. The van der Waals surface area contributed by atoms with Crippen molar-refractivity contribution >= 4 is 11.8 Å². The van der Waals surface area contributed by atoms with Crippen LogP contribution >= 0.6 is 0 Å². The highest BCUT2D eigenvalue weighted by molar-refractivity contribution is 6.06. The molecule has 4 fully saturated rings. The van der Waals surface area contributed by atoms with Crippen LogP contribution in [-0.2, 0) is 9.59 Å². The molecular formula is C15H19NO2. The van der Waals surface area contributed by atoms with Gasteiger partial charge in [0.2, 0.25) is 5.91 Å². The lowest BCUT2D eigenvalue weighted by atomic mass is 9.67. The Balaban J connectivity index is 1.65. The van der Waals surface area contributed by atoms with Crippen molar-refractivity contribution in [3.8, 4) is 0 Å². The topological polar surface area (TPSA) is 37.4 Å². The normalized spacial score (nSPS) is 51.9. The van der Waals surface area contributed by atoms with E-state index < -0.39 is 0 Å². The van der Waals surface area contributed by atoms with E-state index in [4.69, 9.17) is 0 Å². The Labute approximate surface area is 107 Å². The molecule has 18 heavy (non-hydrogen) atoms. The number of carbonyl (C=O) groups excluding carboxylic acids is 2. The van der Waals surface area contributed by atoms with Crippen LogP contribution in [0.2, 0.25) is 0 Å². The van der Waals surface area contributed by atoms with E-state index in [9.17, 15) is 9.59 Å². The molecule has 2 amide bonds. The fraction of sp³-hybridized carbons (Fsp3) is 0.733. The number of fused-ring (bicyclic) bond motifs is 8. The summed E-state index contributed by atoms with van der Waals surface area (Å²) in [6, 6.07) is 0.222. The molecule has 4 rings (SSSR count). The Kier molecular flexibility index (Phi) is 1.95. The monoisotopic (exact) mass is 245 g/mol. The van der Waals surface area contributed by atoms with Gasteiger partial charge in [0.1, 0.15) is 0 Å². The molecule has 7 unspecified atom stereocenters. The molecule has 7 atom stereocenters. The van der Waals surface area contributed by atoms with Crippen LogP contribution in [0, 0.1) is 35.5 Å². The second-order valence-corrected chi connectivity index (χ2v) is 6.73. The van der Waals surface area contributed by atoms with E-state index in [1.54, 1.807) is 0 Å². The lowest BCUT2D eigenvalue weighted by Crippen LogP contribution is -2.66. The smallest absolute Gasteiger partial charge is 0.252 e. The van der Waals surface area contributed by atoms with Gasteiger partial charge >= 0.3 is 0 Å². The van der Waals surface area contributed by atoms with Crippen molar-refractivity contribution in [2.75, 3.05) is 0 Å². The van der Waals surface area contributed by atoms with Gasteiger partial charge < -0.3 is 0 Å². The van der Waals surface area contributed by atoms with Crippen LogP contribution in [0.25, 0.3) is 0 Å². The number of nitrogens with zero attached hydrogens (tertiary/aromatic N) is 1. The summed E-state index contributed by atoms with van der Waals surface area (Å²) in [7, 11) is 0. The zero-order valence-electron chi connectivity index (χ0n) is 10.7. The third-order valence-electron chi connectivity index (χ3n) is 6.04. The Morgan fingerprint density at radius 1 is 1.22 bits per heavy atom. The molecule has 3 saturated carbocycles. The van der Waals surface area contributed by atoms with E-state index in [1.807, 2.05) is 0 Å². The number of amides is 2. The van der Waals surface area contributed by atoms with E-state index >= 15 is 0 Å². The van der Waals surface area contributed by atoms with Gasteiger partial charge in [-0.1, -0.05) is 13.5 Å². The molecule has 2 bridgehead atoms. The van der Waals surface area contributed by atoms with E-state index in [0.29, 0.717) is 11.8 Å². The summed E-state index contributed by atoms with van der Waals surface area (Å²) in [5.41, 5.74) is 0. The molecule has 3 nitrogen and oxygen atoms in total. The van der Waals surface area contributed by atoms with Crippen molar-refractivity contribution < 1.29 is 9.59 Å². The summed E-state index contributed by atoms with van der Waals surface area (Å²) in [6.07, 6.45) is 5.08. The molecule has 0 N–H and O–H groups in total. The van der Waals surface area contributed by atoms with Gasteiger partial charge in [-0.2, -0.15) is 0 Å². The van der Waals surface area contributed by atoms with Gasteiger partial charge in [0.05, 0.1) is 12.0 Å². The Hall–Kier alpha value is -1.12. The zero-order chi connectivity index (χ0) is 12.6. The summed E-state index contributed by atoms with van der Waals surface area (Å²) < 4.78 is 0. The van der Waals surface area contributed by atoms with Crippen molar-refractivity contribution in [1.82, 2.24) is 4.90 Å². The minimum atomic E-state index is -0.184.